The molecule has 5 heteroatoms. The Hall–Kier alpha value is -1.20. The zero-order chi connectivity index (χ0) is 10.7. The third kappa shape index (κ3) is 2.18. The van der Waals surface area contributed by atoms with Crippen LogP contribution in [0.2, 0.25) is 0 Å². The number of halogens is 2. The minimum absolute atomic E-state index is 0.154. The summed E-state index contributed by atoms with van der Waals surface area (Å²) in [6.07, 6.45) is 0.215. The number of nitrogen functional groups attached to an aromatic ring is 1. The zero-order valence-corrected chi connectivity index (χ0v) is 7.50. The maximum atomic E-state index is 13.0. The zero-order valence-electron chi connectivity index (χ0n) is 7.50. The molecule has 0 aliphatic heterocycles. The molecule has 0 unspecified atom stereocenters. The fourth-order valence-corrected chi connectivity index (χ4v) is 1.21. The molecule has 0 spiro atoms. The second-order valence-electron chi connectivity index (χ2n) is 3.01. The van der Waals surface area contributed by atoms with Gasteiger partial charge >= 0.3 is 0 Å². The summed E-state index contributed by atoms with van der Waals surface area (Å²) in [6, 6.07) is 1.13. The quantitative estimate of drug-likeness (QED) is 0.638. The van der Waals surface area contributed by atoms with Crippen molar-refractivity contribution in [3.05, 3.63) is 29.3 Å². The number of nitrogens with two attached hydrogens (primary N) is 2. The third-order valence-electron chi connectivity index (χ3n) is 1.97. The van der Waals surface area contributed by atoms with Gasteiger partial charge in [0.05, 0.1) is 5.69 Å². The predicted octanol–water partition coefficient (Wildman–Crippen LogP) is 0.929. The Labute approximate surface area is 80.3 Å². The van der Waals surface area contributed by atoms with Crippen LogP contribution in [0.5, 0.6) is 0 Å². The van der Waals surface area contributed by atoms with Crippen LogP contribution in [0, 0.1) is 11.6 Å². The van der Waals surface area contributed by atoms with Gasteiger partial charge in [-0.2, -0.15) is 0 Å². The Kier molecular flexibility index (Phi) is 3.38. The summed E-state index contributed by atoms with van der Waals surface area (Å²) < 4.78 is 25.8. The smallest absolute Gasteiger partial charge is 0.149 e. The van der Waals surface area contributed by atoms with Gasteiger partial charge in [0.25, 0.3) is 0 Å². The largest absolute Gasteiger partial charge is 0.396 e. The number of aliphatic hydroxyl groups excluding tert-OH is 1. The summed E-state index contributed by atoms with van der Waals surface area (Å²) in [7, 11) is 0. The molecule has 0 aliphatic carbocycles. The van der Waals surface area contributed by atoms with Gasteiger partial charge in [0.15, 0.2) is 0 Å². The van der Waals surface area contributed by atoms with Crippen LogP contribution >= 0.6 is 0 Å². The molecule has 1 atom stereocenters. The van der Waals surface area contributed by atoms with Gasteiger partial charge in [-0.15, -0.1) is 0 Å². The molecule has 0 aromatic heterocycles. The Morgan fingerprint density at radius 1 is 1.36 bits per heavy atom. The molecular formula is C9H12F2N2O. The highest BCUT2D eigenvalue weighted by molar-refractivity contribution is 5.49. The Balaban J connectivity index is 3.07. The molecule has 1 aromatic rings. The molecular weight excluding hydrogens is 190 g/mol. The lowest BCUT2D eigenvalue weighted by molar-refractivity contribution is 0.276. The van der Waals surface area contributed by atoms with Crippen molar-refractivity contribution in [3.63, 3.8) is 0 Å². The lowest BCUT2D eigenvalue weighted by Gasteiger charge is -2.13. The van der Waals surface area contributed by atoms with E-state index in [2.05, 4.69) is 0 Å². The summed E-state index contributed by atoms with van der Waals surface area (Å²) >= 11 is 0. The van der Waals surface area contributed by atoms with E-state index >= 15 is 0 Å². The molecule has 0 fully saturated rings. The van der Waals surface area contributed by atoms with Crippen molar-refractivity contribution in [2.24, 2.45) is 5.73 Å². The second kappa shape index (κ2) is 4.34. The highest BCUT2D eigenvalue weighted by Gasteiger charge is 2.14. The van der Waals surface area contributed by atoms with Crippen LogP contribution in [0.3, 0.4) is 0 Å². The molecule has 0 heterocycles. The van der Waals surface area contributed by atoms with Crippen LogP contribution in [0.15, 0.2) is 12.1 Å². The van der Waals surface area contributed by atoms with E-state index in [1.54, 1.807) is 0 Å². The van der Waals surface area contributed by atoms with Gasteiger partial charge in [-0.05, 0) is 18.1 Å². The first-order valence-corrected chi connectivity index (χ1v) is 4.17. The van der Waals surface area contributed by atoms with Gasteiger partial charge in [-0.3, -0.25) is 0 Å². The van der Waals surface area contributed by atoms with E-state index in [1.807, 2.05) is 0 Å². The molecule has 14 heavy (non-hydrogen) atoms. The topological polar surface area (TPSA) is 72.3 Å². The average molecular weight is 202 g/mol. The van der Waals surface area contributed by atoms with Crippen LogP contribution in [0.25, 0.3) is 0 Å². The minimum atomic E-state index is -0.826. The first-order chi connectivity index (χ1) is 6.56. The lowest BCUT2D eigenvalue weighted by Crippen LogP contribution is -2.15. The van der Waals surface area contributed by atoms with Crippen molar-refractivity contribution < 1.29 is 13.9 Å². The minimum Gasteiger partial charge on any atom is -0.396 e. The molecule has 0 aliphatic rings. The monoisotopic (exact) mass is 202 g/mol. The molecule has 0 radical (unpaired) electrons. The third-order valence-corrected chi connectivity index (χ3v) is 1.97. The van der Waals surface area contributed by atoms with E-state index in [1.165, 1.54) is 0 Å². The van der Waals surface area contributed by atoms with Gasteiger partial charge < -0.3 is 16.6 Å². The summed E-state index contributed by atoms with van der Waals surface area (Å²) in [5, 5.41) is 8.62. The standard InChI is InChI=1S/C9H12F2N2O/c10-5-3-6(8(12)1-2-14)9(13)7(11)4-5/h3-4,8,14H,1-2,12-13H2/t8-/m0/s1. The summed E-state index contributed by atoms with van der Waals surface area (Å²) in [5.41, 5.74) is 11.0. The summed E-state index contributed by atoms with van der Waals surface area (Å²) in [4.78, 5) is 0. The Morgan fingerprint density at radius 3 is 2.57 bits per heavy atom. The van der Waals surface area contributed by atoms with Gasteiger partial charge in [0, 0.05) is 18.7 Å². The average Bonchev–Trinajstić information content (AvgIpc) is 2.11. The first kappa shape index (κ1) is 10.9. The Bertz CT molecular complexity index is 331. The normalized spacial score (nSPS) is 12.9. The van der Waals surface area contributed by atoms with E-state index in [4.69, 9.17) is 16.6 Å². The fraction of sp³-hybridized carbons (Fsp3) is 0.333. The molecule has 3 nitrogen and oxygen atoms in total. The molecule has 0 amide bonds. The van der Waals surface area contributed by atoms with Crippen molar-refractivity contribution in [1.82, 2.24) is 0 Å². The van der Waals surface area contributed by atoms with E-state index in [0.29, 0.717) is 6.07 Å². The number of anilines is 1. The maximum absolute atomic E-state index is 13.0. The SMILES string of the molecule is Nc1c(F)cc(F)cc1[C@@H](N)CCO. The molecule has 78 valence electrons. The molecule has 0 bridgehead atoms. The fourth-order valence-electron chi connectivity index (χ4n) is 1.21. The van der Waals surface area contributed by atoms with Gasteiger partial charge in [-0.25, -0.2) is 8.78 Å². The summed E-state index contributed by atoms with van der Waals surface area (Å²) in [5.74, 6) is -1.55. The number of hydrogen-bond acceptors (Lipinski definition) is 3. The molecule has 1 aromatic carbocycles. The molecule has 5 N–H and O–H groups in total. The van der Waals surface area contributed by atoms with Gasteiger partial charge in [0.1, 0.15) is 11.6 Å². The van der Waals surface area contributed by atoms with Crippen molar-refractivity contribution in [1.29, 1.82) is 0 Å². The highest BCUT2D eigenvalue weighted by Crippen LogP contribution is 2.24. The van der Waals surface area contributed by atoms with Crippen LogP contribution in [-0.4, -0.2) is 11.7 Å². The lowest BCUT2D eigenvalue weighted by atomic mass is 10.0. The number of aliphatic hydroxyl groups is 1. The van der Waals surface area contributed by atoms with E-state index < -0.39 is 17.7 Å². The van der Waals surface area contributed by atoms with Crippen molar-refractivity contribution in [2.45, 2.75) is 12.5 Å². The van der Waals surface area contributed by atoms with Crippen molar-refractivity contribution >= 4 is 5.69 Å². The van der Waals surface area contributed by atoms with Crippen LogP contribution in [0.4, 0.5) is 14.5 Å². The van der Waals surface area contributed by atoms with Crippen LogP contribution in [0.1, 0.15) is 18.0 Å². The van der Waals surface area contributed by atoms with Crippen molar-refractivity contribution in [2.75, 3.05) is 12.3 Å². The van der Waals surface area contributed by atoms with Gasteiger partial charge in [0.2, 0.25) is 0 Å². The molecule has 1 rings (SSSR count). The highest BCUT2D eigenvalue weighted by atomic mass is 19.1. The van der Waals surface area contributed by atoms with Crippen molar-refractivity contribution in [3.8, 4) is 0 Å². The number of hydrogen-bond donors (Lipinski definition) is 3. The number of benzene rings is 1. The molecule has 0 saturated carbocycles. The van der Waals surface area contributed by atoms with E-state index in [-0.39, 0.29) is 24.3 Å². The Morgan fingerprint density at radius 2 is 2.00 bits per heavy atom. The number of rotatable bonds is 3. The van der Waals surface area contributed by atoms with E-state index in [9.17, 15) is 8.78 Å². The van der Waals surface area contributed by atoms with E-state index in [0.717, 1.165) is 6.07 Å². The summed E-state index contributed by atoms with van der Waals surface area (Å²) in [6.45, 7) is -0.154. The molecule has 0 saturated heterocycles. The first-order valence-electron chi connectivity index (χ1n) is 4.17. The van der Waals surface area contributed by atoms with Gasteiger partial charge in [-0.1, -0.05) is 0 Å². The second-order valence-corrected chi connectivity index (χ2v) is 3.01. The predicted molar refractivity (Wildman–Crippen MR) is 49.4 cm³/mol. The van der Waals surface area contributed by atoms with Crippen LogP contribution in [-0.2, 0) is 0 Å². The van der Waals surface area contributed by atoms with Crippen LogP contribution < -0.4 is 11.5 Å². The maximum Gasteiger partial charge on any atom is 0.149 e.